The number of rotatable bonds is 4. The Morgan fingerprint density at radius 2 is 2.04 bits per heavy atom. The summed E-state index contributed by atoms with van der Waals surface area (Å²) in [6.07, 6.45) is 1.75. The molecule has 1 aromatic carbocycles. The Morgan fingerprint density at radius 1 is 1.21 bits per heavy atom. The van der Waals surface area contributed by atoms with Gasteiger partial charge in [-0.05, 0) is 37.3 Å². The van der Waals surface area contributed by atoms with Crippen LogP contribution in [0.2, 0.25) is 0 Å². The number of nitrogens with one attached hydrogen (secondary N) is 2. The van der Waals surface area contributed by atoms with Gasteiger partial charge < -0.3 is 16.4 Å². The fraction of sp³-hybridized carbons (Fsp3) is 0.176. The van der Waals surface area contributed by atoms with E-state index in [0.29, 0.717) is 16.9 Å². The molecule has 3 rings (SSSR count). The van der Waals surface area contributed by atoms with Crippen molar-refractivity contribution in [2.24, 2.45) is 0 Å². The Balaban J connectivity index is 2.00. The summed E-state index contributed by atoms with van der Waals surface area (Å²) in [6, 6.07) is 10.9. The highest BCUT2D eigenvalue weighted by atomic mass is 16.1. The van der Waals surface area contributed by atoms with Crippen LogP contribution in [0.15, 0.2) is 42.6 Å². The number of nitrogens with two attached hydrogens (primary N) is 1. The molecule has 0 saturated heterocycles. The highest BCUT2D eigenvalue weighted by Crippen LogP contribution is 2.25. The average Bonchev–Trinajstić information content (AvgIpc) is 2.61. The average molecular weight is 322 g/mol. The molecule has 2 heterocycles. The third kappa shape index (κ3) is 3.10. The van der Waals surface area contributed by atoms with E-state index in [9.17, 15) is 4.79 Å². The van der Waals surface area contributed by atoms with Crippen LogP contribution in [-0.2, 0) is 0 Å². The monoisotopic (exact) mass is 322 g/mol. The standard InChI is InChI=1S/C17H18N6O/c1-10(13-5-3-4-8-20-13)21-15-12-7-6-11(16(24)19-2)9-14(12)22-17(18)23-15/h3-10H,1-2H3,(H,19,24)(H3,18,21,22,23). The molecule has 7 heteroatoms. The molecule has 1 amide bonds. The third-order valence-electron chi connectivity index (χ3n) is 3.69. The molecule has 3 aromatic rings. The summed E-state index contributed by atoms with van der Waals surface area (Å²) >= 11 is 0. The lowest BCUT2D eigenvalue weighted by molar-refractivity contribution is 0.0963. The van der Waals surface area contributed by atoms with Gasteiger partial charge in [-0.15, -0.1) is 0 Å². The van der Waals surface area contributed by atoms with Crippen molar-refractivity contribution in [1.82, 2.24) is 20.3 Å². The number of hydrogen-bond acceptors (Lipinski definition) is 6. The van der Waals surface area contributed by atoms with E-state index in [1.54, 1.807) is 25.4 Å². The maximum absolute atomic E-state index is 11.8. The second-order valence-electron chi connectivity index (χ2n) is 5.36. The smallest absolute Gasteiger partial charge is 0.251 e. The zero-order chi connectivity index (χ0) is 17.1. The molecule has 4 N–H and O–H groups in total. The van der Waals surface area contributed by atoms with Gasteiger partial charge in [0, 0.05) is 24.2 Å². The van der Waals surface area contributed by atoms with Gasteiger partial charge in [0.1, 0.15) is 5.82 Å². The first kappa shape index (κ1) is 15.7. The van der Waals surface area contributed by atoms with Crippen LogP contribution < -0.4 is 16.4 Å². The maximum atomic E-state index is 11.8. The Bertz CT molecular complexity index is 881. The summed E-state index contributed by atoms with van der Waals surface area (Å²) in [7, 11) is 1.59. The van der Waals surface area contributed by atoms with Crippen LogP contribution in [-0.4, -0.2) is 27.9 Å². The molecular weight excluding hydrogens is 304 g/mol. The molecule has 0 aliphatic rings. The third-order valence-corrected chi connectivity index (χ3v) is 3.69. The van der Waals surface area contributed by atoms with Gasteiger partial charge in [0.05, 0.1) is 17.3 Å². The number of fused-ring (bicyclic) bond motifs is 1. The highest BCUT2D eigenvalue weighted by Gasteiger charge is 2.13. The van der Waals surface area contributed by atoms with Crippen molar-refractivity contribution in [1.29, 1.82) is 0 Å². The number of amides is 1. The van der Waals surface area contributed by atoms with Crippen molar-refractivity contribution in [3.8, 4) is 0 Å². The summed E-state index contributed by atoms with van der Waals surface area (Å²) in [5.74, 6) is 0.580. The van der Waals surface area contributed by atoms with Crippen LogP contribution in [0, 0.1) is 0 Å². The van der Waals surface area contributed by atoms with Gasteiger partial charge in [-0.1, -0.05) is 6.07 Å². The van der Waals surface area contributed by atoms with Crippen LogP contribution in [0.4, 0.5) is 11.8 Å². The van der Waals surface area contributed by atoms with Crippen molar-refractivity contribution >= 4 is 28.6 Å². The van der Waals surface area contributed by atoms with Crippen molar-refractivity contribution in [3.05, 3.63) is 53.9 Å². The van der Waals surface area contributed by atoms with Gasteiger partial charge in [-0.3, -0.25) is 9.78 Å². The quantitative estimate of drug-likeness (QED) is 0.679. The lowest BCUT2D eigenvalue weighted by atomic mass is 10.1. The van der Waals surface area contributed by atoms with Gasteiger partial charge in [-0.25, -0.2) is 4.98 Å². The van der Waals surface area contributed by atoms with E-state index in [2.05, 4.69) is 25.6 Å². The van der Waals surface area contributed by atoms with Crippen molar-refractivity contribution in [2.75, 3.05) is 18.1 Å². The Kier molecular flexibility index (Phi) is 4.24. The van der Waals surface area contributed by atoms with Crippen molar-refractivity contribution in [3.63, 3.8) is 0 Å². The second-order valence-corrected chi connectivity index (χ2v) is 5.36. The van der Waals surface area contributed by atoms with E-state index >= 15 is 0 Å². The topological polar surface area (TPSA) is 106 Å². The van der Waals surface area contributed by atoms with E-state index in [4.69, 9.17) is 5.73 Å². The zero-order valence-electron chi connectivity index (χ0n) is 13.4. The fourth-order valence-corrected chi connectivity index (χ4v) is 2.45. The number of nitrogen functional groups attached to an aromatic ring is 1. The molecule has 0 spiro atoms. The Morgan fingerprint density at radius 3 is 2.75 bits per heavy atom. The first-order chi connectivity index (χ1) is 11.6. The second kappa shape index (κ2) is 6.49. The molecule has 0 fully saturated rings. The molecule has 122 valence electrons. The molecule has 0 aliphatic heterocycles. The van der Waals surface area contributed by atoms with Crippen LogP contribution in [0.25, 0.3) is 10.9 Å². The summed E-state index contributed by atoms with van der Waals surface area (Å²) in [5.41, 5.74) is 7.84. The van der Waals surface area contributed by atoms with Gasteiger partial charge in [-0.2, -0.15) is 4.98 Å². The van der Waals surface area contributed by atoms with Gasteiger partial charge in [0.2, 0.25) is 5.95 Å². The van der Waals surface area contributed by atoms with E-state index in [-0.39, 0.29) is 17.9 Å². The first-order valence-corrected chi connectivity index (χ1v) is 7.55. The number of pyridine rings is 1. The Labute approximate surface area is 139 Å². The summed E-state index contributed by atoms with van der Waals surface area (Å²) < 4.78 is 0. The largest absolute Gasteiger partial charge is 0.368 e. The molecule has 0 bridgehead atoms. The van der Waals surface area contributed by atoms with Crippen molar-refractivity contribution in [2.45, 2.75) is 13.0 Å². The summed E-state index contributed by atoms with van der Waals surface area (Å²) in [6.45, 7) is 1.99. The molecule has 0 radical (unpaired) electrons. The number of anilines is 2. The molecule has 0 saturated carbocycles. The number of hydrogen-bond donors (Lipinski definition) is 3. The molecule has 2 aromatic heterocycles. The molecular formula is C17H18N6O. The van der Waals surface area contributed by atoms with Crippen LogP contribution >= 0.6 is 0 Å². The SMILES string of the molecule is CNC(=O)c1ccc2c(NC(C)c3ccccn3)nc(N)nc2c1. The summed E-state index contributed by atoms with van der Waals surface area (Å²) in [4.78, 5) is 24.6. The minimum Gasteiger partial charge on any atom is -0.368 e. The normalized spacial score (nSPS) is 11.9. The summed E-state index contributed by atoms with van der Waals surface area (Å²) in [5, 5.41) is 6.69. The van der Waals surface area contributed by atoms with Crippen LogP contribution in [0.1, 0.15) is 29.0 Å². The number of nitrogens with zero attached hydrogens (tertiary/aromatic N) is 3. The van der Waals surface area contributed by atoms with E-state index in [1.807, 2.05) is 31.2 Å². The van der Waals surface area contributed by atoms with Gasteiger partial charge in [0.25, 0.3) is 5.91 Å². The minimum absolute atomic E-state index is 0.0534. The maximum Gasteiger partial charge on any atom is 0.251 e. The number of aromatic nitrogens is 3. The molecule has 1 unspecified atom stereocenters. The minimum atomic E-state index is -0.176. The first-order valence-electron chi connectivity index (χ1n) is 7.55. The zero-order valence-corrected chi connectivity index (χ0v) is 13.4. The predicted octanol–water partition coefficient (Wildman–Crippen LogP) is 2.14. The van der Waals surface area contributed by atoms with Crippen LogP contribution in [0.5, 0.6) is 0 Å². The van der Waals surface area contributed by atoms with E-state index < -0.39 is 0 Å². The van der Waals surface area contributed by atoms with E-state index in [0.717, 1.165) is 11.1 Å². The molecule has 7 nitrogen and oxygen atoms in total. The number of benzene rings is 1. The molecule has 0 aliphatic carbocycles. The predicted molar refractivity (Wildman–Crippen MR) is 93.6 cm³/mol. The molecule has 1 atom stereocenters. The van der Waals surface area contributed by atoms with Gasteiger partial charge in [0.15, 0.2) is 0 Å². The lowest BCUT2D eigenvalue weighted by Crippen LogP contribution is -2.17. The lowest BCUT2D eigenvalue weighted by Gasteiger charge is -2.16. The number of carbonyl (C=O) groups is 1. The van der Waals surface area contributed by atoms with Gasteiger partial charge >= 0.3 is 0 Å². The van der Waals surface area contributed by atoms with E-state index in [1.165, 1.54) is 0 Å². The van der Waals surface area contributed by atoms with Crippen LogP contribution in [0.3, 0.4) is 0 Å². The highest BCUT2D eigenvalue weighted by molar-refractivity contribution is 5.99. The fourth-order valence-electron chi connectivity index (χ4n) is 2.45. The molecule has 24 heavy (non-hydrogen) atoms. The van der Waals surface area contributed by atoms with Crippen molar-refractivity contribution < 1.29 is 4.79 Å². The Hall–Kier alpha value is -3.22. The number of carbonyl (C=O) groups excluding carboxylic acids is 1.